The number of anilines is 4. The molecule has 2 aromatic carbocycles. The van der Waals surface area contributed by atoms with E-state index < -0.39 is 6.10 Å². The minimum Gasteiger partial charge on any atom is -0.391 e. The summed E-state index contributed by atoms with van der Waals surface area (Å²) < 4.78 is 31.2. The van der Waals surface area contributed by atoms with Crippen molar-refractivity contribution < 1.29 is 23.5 Å². The predicted octanol–water partition coefficient (Wildman–Crippen LogP) is 7.96. The molecule has 324 valence electrons. The number of fused-ring (bicyclic) bond motifs is 2. The molecule has 0 bridgehead atoms. The van der Waals surface area contributed by atoms with Gasteiger partial charge in [-0.1, -0.05) is 35.0 Å². The van der Waals surface area contributed by atoms with Gasteiger partial charge >= 0.3 is 12.1 Å². The third-order valence-corrected chi connectivity index (χ3v) is 13.0. The summed E-state index contributed by atoms with van der Waals surface area (Å²) in [6, 6.07) is 13.5. The van der Waals surface area contributed by atoms with Gasteiger partial charge in [0.15, 0.2) is 11.3 Å². The third kappa shape index (κ3) is 8.49. The SMILES string of the molecule is Cc1cc(F)ccc1[C@H]1CCCN1c1ccn2ncc(NC(=O)N3CC[C@H](C)C3)c2n1.O=C(Nc1cnn2ccc(N3CCC[C@@H]3c3ccc(F)cc3Br)nc12)N1CC[C@H](O)C1. The van der Waals surface area contributed by atoms with Crippen LogP contribution in [0.5, 0.6) is 0 Å². The van der Waals surface area contributed by atoms with Crippen molar-refractivity contribution in [1.29, 1.82) is 0 Å². The number of urea groups is 2. The second-order valence-electron chi connectivity index (χ2n) is 16.7. The Kier molecular flexibility index (Phi) is 11.7. The number of nitrogens with one attached hydrogen (secondary N) is 2. The maximum atomic E-state index is 13.6. The molecule has 4 fully saturated rings. The van der Waals surface area contributed by atoms with Gasteiger partial charge in [0.05, 0.1) is 30.6 Å². The van der Waals surface area contributed by atoms with Gasteiger partial charge in [-0.05, 0) is 104 Å². The first-order chi connectivity index (χ1) is 30.0. The minimum atomic E-state index is -0.475. The number of aryl methyl sites for hydroxylation is 1. The lowest BCUT2D eigenvalue weighted by atomic mass is 9.99. The first-order valence-electron chi connectivity index (χ1n) is 21.2. The number of nitrogens with zero attached hydrogens (tertiary/aromatic N) is 10. The minimum absolute atomic E-state index is 0.0805. The van der Waals surface area contributed by atoms with Gasteiger partial charge in [0, 0.05) is 56.1 Å². The number of β-amino-alcohol motifs (C(OH)–C–C–N with tert-alkyl or cyclic N) is 1. The molecule has 0 unspecified atom stereocenters. The maximum Gasteiger partial charge on any atom is 0.322 e. The molecule has 0 aliphatic carbocycles. The predicted molar refractivity (Wildman–Crippen MR) is 235 cm³/mol. The van der Waals surface area contributed by atoms with E-state index in [1.165, 1.54) is 18.2 Å². The average molecular weight is 912 g/mol. The normalized spacial score (nSPS) is 21.3. The maximum absolute atomic E-state index is 13.6. The summed E-state index contributed by atoms with van der Waals surface area (Å²) in [5.74, 6) is 1.66. The van der Waals surface area contributed by atoms with Crippen LogP contribution in [0.1, 0.15) is 74.2 Å². The summed E-state index contributed by atoms with van der Waals surface area (Å²) >= 11 is 3.49. The van der Waals surface area contributed by atoms with Crippen LogP contribution in [0.15, 0.2) is 77.8 Å². The van der Waals surface area contributed by atoms with Gasteiger partial charge in [0.2, 0.25) is 0 Å². The molecular weight excluding hydrogens is 862 g/mol. The molecule has 0 radical (unpaired) electrons. The molecule has 4 amide bonds. The molecular formula is C44H49BrF2N12O3. The summed E-state index contributed by atoms with van der Waals surface area (Å²) in [5, 5.41) is 24.2. The zero-order valence-corrected chi connectivity index (χ0v) is 36.2. The van der Waals surface area contributed by atoms with Gasteiger partial charge in [0.25, 0.3) is 0 Å². The van der Waals surface area contributed by atoms with Crippen LogP contribution in [0.3, 0.4) is 0 Å². The largest absolute Gasteiger partial charge is 0.391 e. The van der Waals surface area contributed by atoms with E-state index in [4.69, 9.17) is 9.97 Å². The molecule has 62 heavy (non-hydrogen) atoms. The fraction of sp³-hybridized carbons (Fsp3) is 0.409. The zero-order chi connectivity index (χ0) is 43.1. The van der Waals surface area contributed by atoms with Crippen molar-refractivity contribution in [2.24, 2.45) is 5.92 Å². The highest BCUT2D eigenvalue weighted by Gasteiger charge is 2.32. The number of aliphatic hydroxyl groups is 1. The second-order valence-corrected chi connectivity index (χ2v) is 17.5. The zero-order valence-electron chi connectivity index (χ0n) is 34.6. The molecule has 3 N–H and O–H groups in total. The Morgan fingerprint density at radius 2 is 1.24 bits per heavy atom. The first kappa shape index (κ1) is 41.5. The molecule has 4 saturated heterocycles. The van der Waals surface area contributed by atoms with Crippen LogP contribution in [0.25, 0.3) is 11.3 Å². The van der Waals surface area contributed by atoms with Crippen molar-refractivity contribution in [3.63, 3.8) is 0 Å². The quantitative estimate of drug-likeness (QED) is 0.151. The van der Waals surface area contributed by atoms with Crippen molar-refractivity contribution in [1.82, 2.24) is 39.0 Å². The highest BCUT2D eigenvalue weighted by molar-refractivity contribution is 9.10. The molecule has 10 rings (SSSR count). The number of hydrogen-bond acceptors (Lipinski definition) is 9. The molecule has 4 atom stereocenters. The standard InChI is InChI=1S/C23H27FN6O.C21H22BrFN6O2/c1-15-7-10-28(14-15)23(31)26-19-13-25-30-11-8-21(27-22(19)30)29-9-3-4-20(29)18-6-5-17(24)12-16(18)2;22-16-10-13(23)3-4-15(16)18-2-1-7-28(18)19-6-9-29-20(26-19)17(11-24-29)25-21(31)27-8-5-14(30)12-27/h5-6,8,11-13,15,20H,3-4,7,9-10,14H2,1-2H3,(H,26,31);3-4,6,9-11,14,18,30H,1-2,5,7-8,12H2,(H,25,31)/t15-,20+;14-,18+/m00/s1. The van der Waals surface area contributed by atoms with Gasteiger partial charge in [-0.3, -0.25) is 0 Å². The van der Waals surface area contributed by atoms with E-state index in [1.807, 2.05) is 48.5 Å². The lowest BCUT2D eigenvalue weighted by molar-refractivity contribution is 0.176. The van der Waals surface area contributed by atoms with E-state index in [9.17, 15) is 23.5 Å². The number of halogens is 3. The van der Waals surface area contributed by atoms with E-state index in [0.717, 1.165) is 91.1 Å². The van der Waals surface area contributed by atoms with Gasteiger partial charge in [0.1, 0.15) is 34.6 Å². The number of amides is 4. The Morgan fingerprint density at radius 1 is 0.710 bits per heavy atom. The van der Waals surface area contributed by atoms with Gasteiger partial charge in [-0.2, -0.15) is 10.2 Å². The monoisotopic (exact) mass is 910 g/mol. The van der Waals surface area contributed by atoms with E-state index in [-0.39, 0.29) is 35.8 Å². The van der Waals surface area contributed by atoms with E-state index in [1.54, 1.807) is 32.4 Å². The lowest BCUT2D eigenvalue weighted by Gasteiger charge is -2.27. The number of aliphatic hydroxyl groups excluding tert-OH is 1. The average Bonchev–Trinajstić information content (AvgIpc) is 4.12. The summed E-state index contributed by atoms with van der Waals surface area (Å²) in [6.45, 7) is 8.22. The Morgan fingerprint density at radius 3 is 1.76 bits per heavy atom. The molecule has 0 saturated carbocycles. The van der Waals surface area contributed by atoms with Gasteiger partial charge < -0.3 is 35.3 Å². The second kappa shape index (κ2) is 17.5. The number of carbonyl (C=O) groups is 2. The van der Waals surface area contributed by atoms with Crippen molar-refractivity contribution >= 4 is 62.3 Å². The summed E-state index contributed by atoms with van der Waals surface area (Å²) in [7, 11) is 0. The van der Waals surface area contributed by atoms with Crippen molar-refractivity contribution in [2.75, 3.05) is 59.7 Å². The fourth-order valence-corrected chi connectivity index (χ4v) is 9.78. The summed E-state index contributed by atoms with van der Waals surface area (Å²) in [5.41, 5.74) is 5.41. The molecule has 4 aliphatic heterocycles. The van der Waals surface area contributed by atoms with Crippen LogP contribution in [0.2, 0.25) is 0 Å². The number of benzene rings is 2. The first-order valence-corrected chi connectivity index (χ1v) is 22.0. The molecule has 4 aliphatic rings. The van der Waals surface area contributed by atoms with Crippen LogP contribution >= 0.6 is 15.9 Å². The van der Waals surface area contributed by atoms with Crippen LogP contribution in [0.4, 0.5) is 41.4 Å². The molecule has 0 spiro atoms. The van der Waals surface area contributed by atoms with Gasteiger partial charge in [-0.25, -0.2) is 37.4 Å². The van der Waals surface area contributed by atoms with Crippen molar-refractivity contribution in [3.8, 4) is 0 Å². The number of rotatable bonds is 6. The smallest absolute Gasteiger partial charge is 0.322 e. The van der Waals surface area contributed by atoms with E-state index in [2.05, 4.69) is 53.5 Å². The van der Waals surface area contributed by atoms with Crippen LogP contribution < -0.4 is 20.4 Å². The van der Waals surface area contributed by atoms with E-state index >= 15 is 0 Å². The fourth-order valence-electron chi connectivity index (χ4n) is 9.16. The summed E-state index contributed by atoms with van der Waals surface area (Å²) in [4.78, 5) is 42.7. The molecule has 18 heteroatoms. The number of aromatic nitrogens is 6. The number of carbonyl (C=O) groups excluding carboxylic acids is 2. The van der Waals surface area contributed by atoms with Crippen LogP contribution in [-0.2, 0) is 0 Å². The Labute approximate surface area is 365 Å². The Hall–Kier alpha value is -5.88. The summed E-state index contributed by atoms with van der Waals surface area (Å²) in [6.07, 6.45) is 12.0. The number of likely N-dealkylation sites (tertiary alicyclic amines) is 2. The highest BCUT2D eigenvalue weighted by Crippen LogP contribution is 2.40. The molecule has 6 aromatic rings. The lowest BCUT2D eigenvalue weighted by Crippen LogP contribution is -2.33. The topological polar surface area (TPSA) is 152 Å². The highest BCUT2D eigenvalue weighted by atomic mass is 79.9. The van der Waals surface area contributed by atoms with Gasteiger partial charge in [-0.15, -0.1) is 0 Å². The Bertz CT molecular complexity index is 2450. The van der Waals surface area contributed by atoms with Crippen LogP contribution in [0, 0.1) is 24.5 Å². The third-order valence-electron chi connectivity index (χ3n) is 12.4. The number of hydrogen-bond donors (Lipinski definition) is 3. The van der Waals surface area contributed by atoms with Crippen molar-refractivity contribution in [3.05, 3.63) is 106 Å². The molecule has 15 nitrogen and oxygen atoms in total. The van der Waals surface area contributed by atoms with Crippen LogP contribution in [-0.4, -0.2) is 102 Å². The molecule has 4 aromatic heterocycles. The van der Waals surface area contributed by atoms with Crippen molar-refractivity contribution in [2.45, 2.75) is 70.6 Å². The Balaban J connectivity index is 0.000000158. The van der Waals surface area contributed by atoms with E-state index in [0.29, 0.717) is 48.1 Å². The molecule has 8 heterocycles.